The summed E-state index contributed by atoms with van der Waals surface area (Å²) in [6, 6.07) is 0. The quantitative estimate of drug-likeness (QED) is 0.441. The number of hydrogen-bond donors (Lipinski definition) is 3. The molecule has 0 aromatic rings. The van der Waals surface area contributed by atoms with Gasteiger partial charge in [0.05, 0.1) is 0 Å². The van der Waals surface area contributed by atoms with E-state index in [1.54, 1.807) is 0 Å². The zero-order chi connectivity index (χ0) is 17.6. The monoisotopic (exact) mass is 361 g/mol. The van der Waals surface area contributed by atoms with Gasteiger partial charge in [-0.3, -0.25) is 28.8 Å². The van der Waals surface area contributed by atoms with Crippen molar-refractivity contribution < 1.29 is 61.2 Å². The first kappa shape index (κ1) is 28.2. The van der Waals surface area contributed by atoms with Gasteiger partial charge in [-0.05, 0) is 20.8 Å². The first-order chi connectivity index (χ1) is 9.38. The van der Waals surface area contributed by atoms with Gasteiger partial charge in [0, 0.05) is 17.1 Å². The molecule has 0 aromatic heterocycles. The molecule has 0 heterocycles. The molecule has 22 heavy (non-hydrogen) atoms. The predicted octanol–water partition coefficient (Wildman–Crippen LogP) is 0.148. The zero-order valence-electron chi connectivity index (χ0n) is 12.3. The second-order valence-electron chi connectivity index (χ2n) is 3.82. The third-order valence-electron chi connectivity index (χ3n) is 1.20. The molecular weight excluding hydrogens is 343 g/mol. The Balaban J connectivity index is -0.000000108. The number of Topliss-reactive ketones (excluding diaryl/α,β-unsaturated/α-hetero) is 3. The number of hydrogen-bond acceptors (Lipinski definition) is 6. The third kappa shape index (κ3) is 52.1. The molecule has 9 nitrogen and oxygen atoms in total. The van der Waals surface area contributed by atoms with Crippen molar-refractivity contribution in [3.8, 4) is 0 Å². The number of ketones is 3. The van der Waals surface area contributed by atoms with Crippen LogP contribution >= 0.6 is 0 Å². The van der Waals surface area contributed by atoms with E-state index in [0.717, 1.165) is 0 Å². The average molecular weight is 361 g/mol. The van der Waals surface area contributed by atoms with Crippen LogP contribution in [0.25, 0.3) is 0 Å². The fourth-order valence-electron chi connectivity index (χ4n) is 0.639. The Morgan fingerprint density at radius 3 is 0.682 bits per heavy atom. The zero-order valence-corrected chi connectivity index (χ0v) is 13.5. The summed E-state index contributed by atoms with van der Waals surface area (Å²) in [6.45, 7) is 3.73. The van der Waals surface area contributed by atoms with Crippen LogP contribution in [0.1, 0.15) is 40.0 Å². The fraction of sp³-hybridized carbons (Fsp3) is 0.500. The molecule has 0 aliphatic carbocycles. The summed E-state index contributed by atoms with van der Waals surface area (Å²) >= 11 is 0. The normalized spacial score (nSPS) is 7.77. The Morgan fingerprint density at radius 1 is 0.545 bits per heavy atom. The van der Waals surface area contributed by atoms with Gasteiger partial charge in [-0.25, -0.2) is 0 Å². The summed E-state index contributed by atoms with van der Waals surface area (Å²) < 4.78 is 0. The molecule has 1 radical (unpaired) electrons. The fourth-order valence-corrected chi connectivity index (χ4v) is 0.639. The van der Waals surface area contributed by atoms with E-state index in [1.165, 1.54) is 20.8 Å². The van der Waals surface area contributed by atoms with Crippen molar-refractivity contribution in [2.24, 2.45) is 0 Å². The molecule has 0 fully saturated rings. The number of carbonyl (C=O) groups is 6. The molecule has 0 atom stereocenters. The summed E-state index contributed by atoms with van der Waals surface area (Å²) in [4.78, 5) is 58.4. The molecule has 127 valence electrons. The molecule has 0 unspecified atom stereocenters. The van der Waals surface area contributed by atoms with E-state index in [0.29, 0.717) is 0 Å². The van der Waals surface area contributed by atoms with Gasteiger partial charge in [-0.1, -0.05) is 0 Å². The minimum atomic E-state index is -1.06. The second kappa shape index (κ2) is 17.0. The van der Waals surface area contributed by atoms with Gasteiger partial charge in [0.1, 0.15) is 36.6 Å². The minimum absolute atomic E-state index is 0. The summed E-state index contributed by atoms with van der Waals surface area (Å²) in [5.74, 6) is -4.12. The molecule has 0 saturated heterocycles. The van der Waals surface area contributed by atoms with Gasteiger partial charge in [0.2, 0.25) is 0 Å². The van der Waals surface area contributed by atoms with E-state index in [1.807, 2.05) is 0 Å². The number of carboxylic acid groups (broad SMARTS) is 3. The Hall–Kier alpha value is -2.06. The van der Waals surface area contributed by atoms with E-state index in [4.69, 9.17) is 15.3 Å². The predicted molar refractivity (Wildman–Crippen MR) is 68.8 cm³/mol. The first-order valence-corrected chi connectivity index (χ1v) is 5.52. The Labute approximate surface area is 137 Å². The molecular formula is C12H18MnO9. The van der Waals surface area contributed by atoms with E-state index >= 15 is 0 Å². The molecule has 0 rings (SSSR count). The van der Waals surface area contributed by atoms with Gasteiger partial charge in [-0.15, -0.1) is 0 Å². The molecule has 0 amide bonds. The van der Waals surface area contributed by atoms with Crippen LogP contribution in [0.4, 0.5) is 0 Å². The summed E-state index contributed by atoms with van der Waals surface area (Å²) in [7, 11) is 0. The second-order valence-corrected chi connectivity index (χ2v) is 3.82. The van der Waals surface area contributed by atoms with Crippen LogP contribution < -0.4 is 0 Å². The molecule has 10 heteroatoms. The van der Waals surface area contributed by atoms with Gasteiger partial charge in [0.15, 0.2) is 0 Å². The van der Waals surface area contributed by atoms with Gasteiger partial charge < -0.3 is 15.3 Å². The largest absolute Gasteiger partial charge is 0.481 e. The van der Waals surface area contributed by atoms with Crippen LogP contribution in [0.15, 0.2) is 0 Å². The van der Waals surface area contributed by atoms with Gasteiger partial charge >= 0.3 is 17.9 Å². The number of carbonyl (C=O) groups excluding carboxylic acids is 3. The molecule has 0 saturated carbocycles. The summed E-state index contributed by atoms with van der Waals surface area (Å²) in [6.07, 6.45) is -1.08. The van der Waals surface area contributed by atoms with Gasteiger partial charge in [-0.2, -0.15) is 0 Å². The van der Waals surface area contributed by atoms with Crippen LogP contribution in [0.2, 0.25) is 0 Å². The van der Waals surface area contributed by atoms with Crippen molar-refractivity contribution in [3.05, 3.63) is 0 Å². The molecule has 0 aliphatic heterocycles. The van der Waals surface area contributed by atoms with Crippen molar-refractivity contribution >= 4 is 35.3 Å². The van der Waals surface area contributed by atoms with Crippen molar-refractivity contribution in [2.45, 2.75) is 40.0 Å². The molecule has 0 bridgehead atoms. The molecule has 0 aliphatic rings. The average Bonchev–Trinajstić information content (AvgIpc) is 2.10. The number of rotatable bonds is 6. The van der Waals surface area contributed by atoms with E-state index in [9.17, 15) is 28.8 Å². The van der Waals surface area contributed by atoms with Crippen molar-refractivity contribution in [1.82, 2.24) is 0 Å². The van der Waals surface area contributed by atoms with Crippen LogP contribution in [0, 0.1) is 0 Å². The Morgan fingerprint density at radius 2 is 0.682 bits per heavy atom. The maximum absolute atomic E-state index is 9.87. The smallest absolute Gasteiger partial charge is 0.310 e. The SMILES string of the molecule is CC(=O)CC(=O)O.CC(=O)CC(=O)O.CC(=O)CC(=O)O.[Mn]. The van der Waals surface area contributed by atoms with Gasteiger partial charge in [0.25, 0.3) is 0 Å². The third-order valence-corrected chi connectivity index (χ3v) is 1.20. The van der Waals surface area contributed by atoms with Crippen molar-refractivity contribution in [3.63, 3.8) is 0 Å². The first-order valence-electron chi connectivity index (χ1n) is 5.52. The van der Waals surface area contributed by atoms with Crippen LogP contribution in [-0.4, -0.2) is 50.6 Å². The number of carboxylic acids is 3. The maximum atomic E-state index is 9.87. The minimum Gasteiger partial charge on any atom is -0.481 e. The molecule has 0 aromatic carbocycles. The van der Waals surface area contributed by atoms with Crippen LogP contribution in [0.5, 0.6) is 0 Å². The van der Waals surface area contributed by atoms with Crippen LogP contribution in [-0.2, 0) is 45.8 Å². The van der Waals surface area contributed by atoms with Crippen molar-refractivity contribution in [2.75, 3.05) is 0 Å². The van der Waals surface area contributed by atoms with E-state index in [2.05, 4.69) is 0 Å². The van der Waals surface area contributed by atoms with E-state index < -0.39 is 17.9 Å². The van der Waals surface area contributed by atoms with Crippen LogP contribution in [0.3, 0.4) is 0 Å². The van der Waals surface area contributed by atoms with Crippen molar-refractivity contribution in [1.29, 1.82) is 0 Å². The topological polar surface area (TPSA) is 163 Å². The Kier molecular flexibility index (Phi) is 21.7. The Bertz CT molecular complexity index is 317. The molecule has 0 spiro atoms. The summed E-state index contributed by atoms with van der Waals surface area (Å²) in [5.41, 5.74) is 0. The van der Waals surface area contributed by atoms with E-state index in [-0.39, 0.29) is 53.7 Å². The number of aliphatic carboxylic acids is 3. The maximum Gasteiger partial charge on any atom is 0.310 e. The standard InChI is InChI=1S/3C4H6O3.Mn/c3*1-3(5)2-4(6)7;/h3*2H2,1H3,(H,6,7);. The molecule has 3 N–H and O–H groups in total. The summed E-state index contributed by atoms with van der Waals surface area (Å²) in [5, 5.41) is 23.6.